The van der Waals surface area contributed by atoms with Crippen molar-refractivity contribution in [1.82, 2.24) is 20.0 Å². The lowest BCUT2D eigenvalue weighted by Gasteiger charge is -2.33. The minimum Gasteiger partial charge on any atom is -0.497 e. The molecule has 2 aliphatic rings. The summed E-state index contributed by atoms with van der Waals surface area (Å²) in [7, 11) is 1.53. The van der Waals surface area contributed by atoms with Gasteiger partial charge in [0.1, 0.15) is 11.6 Å². The molecule has 8 nitrogen and oxygen atoms in total. The van der Waals surface area contributed by atoms with Crippen LogP contribution in [0.2, 0.25) is 0 Å². The van der Waals surface area contributed by atoms with Gasteiger partial charge in [-0.1, -0.05) is 12.1 Å². The van der Waals surface area contributed by atoms with Crippen molar-refractivity contribution in [3.8, 4) is 5.75 Å². The van der Waals surface area contributed by atoms with Crippen molar-refractivity contribution < 1.29 is 27.4 Å². The Bertz CT molecular complexity index is 926. The van der Waals surface area contributed by atoms with Gasteiger partial charge >= 0.3 is 6.18 Å². The molecule has 3 heterocycles. The maximum absolute atomic E-state index is 13.8. The van der Waals surface area contributed by atoms with Crippen LogP contribution in [0, 0.1) is 0 Å². The topological polar surface area (TPSA) is 80.7 Å². The van der Waals surface area contributed by atoms with Crippen LogP contribution in [-0.2, 0) is 4.74 Å². The molecule has 1 fully saturated rings. The summed E-state index contributed by atoms with van der Waals surface area (Å²) in [5.41, 5.74) is 0.656. The van der Waals surface area contributed by atoms with Gasteiger partial charge in [0, 0.05) is 38.7 Å². The number of hydrogen-bond donors (Lipinski definition) is 2. The predicted molar refractivity (Wildman–Crippen MR) is 111 cm³/mol. The summed E-state index contributed by atoms with van der Waals surface area (Å²) in [6.07, 6.45) is -4.74. The van der Waals surface area contributed by atoms with Crippen molar-refractivity contribution in [3.05, 3.63) is 41.6 Å². The van der Waals surface area contributed by atoms with E-state index >= 15 is 0 Å². The number of alkyl halides is 3. The first-order valence-electron chi connectivity index (χ1n) is 10.5. The van der Waals surface area contributed by atoms with E-state index < -0.39 is 24.2 Å². The number of anilines is 1. The van der Waals surface area contributed by atoms with Crippen molar-refractivity contribution in [2.45, 2.75) is 24.7 Å². The Morgan fingerprint density at radius 2 is 2.00 bits per heavy atom. The molecule has 32 heavy (non-hydrogen) atoms. The molecule has 2 atom stereocenters. The van der Waals surface area contributed by atoms with Gasteiger partial charge in [-0.05, 0) is 17.7 Å². The Balaban J connectivity index is 1.47. The van der Waals surface area contributed by atoms with Crippen LogP contribution in [-0.4, -0.2) is 73.3 Å². The summed E-state index contributed by atoms with van der Waals surface area (Å²) >= 11 is 0. The SMILES string of the molecule is COc1ccc([C@H]2C[C@@H](C(F)(F)F)n3nc(C(=O)NCCN4CCOCC4)cc3N2)cc1. The fraction of sp³-hybridized carbons (Fsp3) is 0.524. The molecule has 1 aromatic carbocycles. The first kappa shape index (κ1) is 22.4. The summed E-state index contributed by atoms with van der Waals surface area (Å²) in [4.78, 5) is 14.7. The number of fused-ring (bicyclic) bond motifs is 1. The van der Waals surface area contributed by atoms with Crippen molar-refractivity contribution in [3.63, 3.8) is 0 Å². The van der Waals surface area contributed by atoms with Gasteiger partial charge in [0.15, 0.2) is 11.7 Å². The van der Waals surface area contributed by atoms with Crippen LogP contribution < -0.4 is 15.4 Å². The molecule has 2 aromatic rings. The number of benzene rings is 1. The zero-order valence-corrected chi connectivity index (χ0v) is 17.7. The van der Waals surface area contributed by atoms with Gasteiger partial charge in [-0.15, -0.1) is 0 Å². The second-order valence-corrected chi connectivity index (χ2v) is 7.83. The highest BCUT2D eigenvalue weighted by Crippen LogP contribution is 2.43. The fourth-order valence-corrected chi connectivity index (χ4v) is 3.98. The van der Waals surface area contributed by atoms with Crippen LogP contribution in [0.5, 0.6) is 5.75 Å². The Kier molecular flexibility index (Phi) is 6.56. The third kappa shape index (κ3) is 4.99. The molecule has 1 amide bonds. The van der Waals surface area contributed by atoms with Crippen molar-refractivity contribution in [2.24, 2.45) is 0 Å². The monoisotopic (exact) mass is 453 g/mol. The number of carbonyl (C=O) groups is 1. The third-order valence-electron chi connectivity index (χ3n) is 5.76. The van der Waals surface area contributed by atoms with E-state index in [-0.39, 0.29) is 17.9 Å². The first-order chi connectivity index (χ1) is 15.3. The molecule has 2 N–H and O–H groups in total. The summed E-state index contributed by atoms with van der Waals surface area (Å²) in [6, 6.07) is 5.84. The average Bonchev–Trinajstić information content (AvgIpc) is 3.23. The number of nitrogens with zero attached hydrogens (tertiary/aromatic N) is 3. The molecule has 0 unspecified atom stereocenters. The standard InChI is InChI=1S/C21H26F3N5O3/c1-31-15-4-2-14(3-5-15)16-12-18(21(22,23)24)29-19(26-16)13-17(27-29)20(30)25-6-7-28-8-10-32-11-9-28/h2-5,13,16,18,26H,6-12H2,1H3,(H,25,30)/t16-,18+/m1/s1. The minimum absolute atomic E-state index is 0.0425. The molecule has 0 bridgehead atoms. The van der Waals surface area contributed by atoms with Gasteiger partial charge in [-0.25, -0.2) is 4.68 Å². The lowest BCUT2D eigenvalue weighted by Crippen LogP contribution is -2.41. The van der Waals surface area contributed by atoms with E-state index in [1.165, 1.54) is 13.2 Å². The van der Waals surface area contributed by atoms with Crippen molar-refractivity contribution >= 4 is 11.7 Å². The van der Waals surface area contributed by atoms with Crippen LogP contribution in [0.1, 0.15) is 34.6 Å². The van der Waals surface area contributed by atoms with E-state index in [1.54, 1.807) is 24.3 Å². The Labute approximate surface area is 183 Å². The summed E-state index contributed by atoms with van der Waals surface area (Å²) < 4.78 is 52.7. The molecule has 0 radical (unpaired) electrons. The van der Waals surface area contributed by atoms with Crippen LogP contribution in [0.25, 0.3) is 0 Å². The van der Waals surface area contributed by atoms with Crippen molar-refractivity contribution in [1.29, 1.82) is 0 Å². The smallest absolute Gasteiger partial charge is 0.410 e. The number of hydrogen-bond acceptors (Lipinski definition) is 6. The molecular weight excluding hydrogens is 427 g/mol. The van der Waals surface area contributed by atoms with E-state index in [0.717, 1.165) is 17.8 Å². The van der Waals surface area contributed by atoms with E-state index in [0.29, 0.717) is 37.6 Å². The maximum Gasteiger partial charge on any atom is 0.410 e. The number of nitrogens with one attached hydrogen (secondary N) is 2. The minimum atomic E-state index is -4.50. The second-order valence-electron chi connectivity index (χ2n) is 7.83. The van der Waals surface area contributed by atoms with Crippen LogP contribution in [0.15, 0.2) is 30.3 Å². The molecule has 0 saturated carbocycles. The molecular formula is C21H26F3N5O3. The van der Waals surface area contributed by atoms with Crippen molar-refractivity contribution in [2.75, 3.05) is 51.8 Å². The van der Waals surface area contributed by atoms with Crippen LogP contribution >= 0.6 is 0 Å². The Hall–Kier alpha value is -2.79. The van der Waals surface area contributed by atoms with Gasteiger partial charge in [0.05, 0.1) is 26.4 Å². The predicted octanol–water partition coefficient (Wildman–Crippen LogP) is 2.61. The molecule has 0 spiro atoms. The molecule has 4 rings (SSSR count). The molecule has 11 heteroatoms. The number of halogens is 3. The normalized spacial score (nSPS) is 21.5. The van der Waals surface area contributed by atoms with E-state index in [2.05, 4.69) is 20.6 Å². The molecule has 174 valence electrons. The molecule has 1 aromatic heterocycles. The number of methoxy groups -OCH3 is 1. The number of amides is 1. The lowest BCUT2D eigenvalue weighted by molar-refractivity contribution is -0.173. The second kappa shape index (κ2) is 9.37. The quantitative estimate of drug-likeness (QED) is 0.700. The van der Waals surface area contributed by atoms with Crippen LogP contribution in [0.3, 0.4) is 0 Å². The highest BCUT2D eigenvalue weighted by atomic mass is 19.4. The van der Waals surface area contributed by atoms with E-state index in [1.807, 2.05) is 0 Å². The number of aromatic nitrogens is 2. The Morgan fingerprint density at radius 1 is 1.28 bits per heavy atom. The summed E-state index contributed by atoms with van der Waals surface area (Å²) in [5.74, 6) is 0.291. The third-order valence-corrected chi connectivity index (χ3v) is 5.76. The number of morpholine rings is 1. The highest BCUT2D eigenvalue weighted by Gasteiger charge is 2.46. The fourth-order valence-electron chi connectivity index (χ4n) is 3.98. The van der Waals surface area contributed by atoms with E-state index in [9.17, 15) is 18.0 Å². The van der Waals surface area contributed by atoms with Gasteiger partial charge < -0.3 is 20.1 Å². The largest absolute Gasteiger partial charge is 0.497 e. The molecule has 0 aliphatic carbocycles. The van der Waals surface area contributed by atoms with E-state index in [4.69, 9.17) is 9.47 Å². The lowest BCUT2D eigenvalue weighted by atomic mass is 9.97. The number of rotatable bonds is 6. The van der Waals surface area contributed by atoms with Crippen LogP contribution in [0.4, 0.5) is 19.0 Å². The van der Waals surface area contributed by atoms with Gasteiger partial charge in [-0.3, -0.25) is 9.69 Å². The number of ether oxygens (including phenoxy) is 2. The average molecular weight is 453 g/mol. The molecule has 1 saturated heterocycles. The highest BCUT2D eigenvalue weighted by molar-refractivity contribution is 5.93. The zero-order chi connectivity index (χ0) is 22.7. The zero-order valence-electron chi connectivity index (χ0n) is 17.7. The number of carbonyl (C=O) groups excluding carboxylic acids is 1. The first-order valence-corrected chi connectivity index (χ1v) is 10.5. The summed E-state index contributed by atoms with van der Waals surface area (Å²) in [5, 5.41) is 9.83. The van der Waals surface area contributed by atoms with Gasteiger partial charge in [0.25, 0.3) is 5.91 Å². The molecule has 2 aliphatic heterocycles. The van der Waals surface area contributed by atoms with Gasteiger partial charge in [0.2, 0.25) is 0 Å². The van der Waals surface area contributed by atoms with Gasteiger partial charge in [-0.2, -0.15) is 18.3 Å². The summed E-state index contributed by atoms with van der Waals surface area (Å²) in [6.45, 7) is 3.91. The maximum atomic E-state index is 13.8. The Morgan fingerprint density at radius 3 is 2.66 bits per heavy atom.